The van der Waals surface area contributed by atoms with Gasteiger partial charge in [-0.1, -0.05) is 65.0 Å². The predicted octanol–water partition coefficient (Wildman–Crippen LogP) is 5.53. The summed E-state index contributed by atoms with van der Waals surface area (Å²) < 4.78 is 11.5. The van der Waals surface area contributed by atoms with Gasteiger partial charge < -0.3 is 19.9 Å². The minimum Gasteiger partial charge on any atom is -0.458 e. The fourth-order valence-electron chi connectivity index (χ4n) is 6.86. The third-order valence-electron chi connectivity index (χ3n) is 10.0. The zero-order valence-corrected chi connectivity index (χ0v) is 26.8. The van der Waals surface area contributed by atoms with Crippen LogP contribution in [0.5, 0.6) is 0 Å². The maximum Gasteiger partial charge on any atom is 0.408 e. The van der Waals surface area contributed by atoms with E-state index in [1.165, 1.54) is 0 Å². The summed E-state index contributed by atoms with van der Waals surface area (Å²) >= 11 is 0. The summed E-state index contributed by atoms with van der Waals surface area (Å²) in [4.78, 5) is 57.8. The summed E-state index contributed by atoms with van der Waals surface area (Å²) in [7, 11) is 0. The van der Waals surface area contributed by atoms with E-state index in [2.05, 4.69) is 10.3 Å². The van der Waals surface area contributed by atoms with Crippen molar-refractivity contribution in [1.82, 2.24) is 10.3 Å². The number of aliphatic hydroxyl groups excluding tert-OH is 1. The molecule has 238 valence electrons. The number of hydrogen-bond donors (Lipinski definition) is 2. The van der Waals surface area contributed by atoms with Crippen LogP contribution in [0, 0.1) is 35.5 Å². The highest BCUT2D eigenvalue weighted by Crippen LogP contribution is 2.38. The smallest absolute Gasteiger partial charge is 0.408 e. The van der Waals surface area contributed by atoms with Crippen molar-refractivity contribution in [2.75, 3.05) is 0 Å². The number of Topliss-reactive ketones (excluding diaryl/α,β-unsaturated/α-hetero) is 2. The van der Waals surface area contributed by atoms with Gasteiger partial charge in [0.25, 0.3) is 0 Å². The lowest BCUT2D eigenvalue weighted by Gasteiger charge is -2.39. The number of rotatable bonds is 5. The highest BCUT2D eigenvalue weighted by Gasteiger charge is 2.56. The van der Waals surface area contributed by atoms with Gasteiger partial charge in [0.05, 0.1) is 17.7 Å². The lowest BCUT2D eigenvalue weighted by Crippen LogP contribution is -2.57. The molecule has 1 unspecified atom stereocenters. The molecule has 9 heteroatoms. The van der Waals surface area contributed by atoms with E-state index >= 15 is 0 Å². The summed E-state index contributed by atoms with van der Waals surface area (Å²) in [5.74, 6) is -3.95. The topological polar surface area (TPSA) is 132 Å². The maximum absolute atomic E-state index is 14.2. The lowest BCUT2D eigenvalue weighted by molar-refractivity contribution is -0.170. The first kappa shape index (κ1) is 33.3. The number of para-hydroxylation sites is 1. The number of ketones is 2. The second-order valence-corrected chi connectivity index (χ2v) is 13.0. The molecular formula is C35H46N2O7. The molecule has 2 N–H and O–H groups in total. The monoisotopic (exact) mass is 606 g/mol. The minimum absolute atomic E-state index is 0.0775. The molecule has 0 bridgehead atoms. The van der Waals surface area contributed by atoms with Crippen molar-refractivity contribution in [2.24, 2.45) is 35.5 Å². The fourth-order valence-corrected chi connectivity index (χ4v) is 6.86. The Hall–Kier alpha value is -3.59. The van der Waals surface area contributed by atoms with Gasteiger partial charge in [0, 0.05) is 29.3 Å². The molecule has 1 aromatic heterocycles. The van der Waals surface area contributed by atoms with Crippen LogP contribution in [0.25, 0.3) is 17.0 Å². The first-order valence-electron chi connectivity index (χ1n) is 15.7. The summed E-state index contributed by atoms with van der Waals surface area (Å²) in [6.45, 7) is 12.5. The molecule has 3 heterocycles. The van der Waals surface area contributed by atoms with E-state index < -0.39 is 59.6 Å². The average molecular weight is 607 g/mol. The number of nitrogens with zero attached hydrogens (tertiary/aromatic N) is 1. The third-order valence-corrected chi connectivity index (χ3v) is 10.0. The molecule has 2 saturated heterocycles. The normalized spacial score (nSPS) is 34.6. The number of benzene rings is 1. The molecule has 1 aromatic carbocycles. The molecule has 2 fully saturated rings. The Bertz CT molecular complexity index is 1420. The zero-order chi connectivity index (χ0) is 32.3. The van der Waals surface area contributed by atoms with E-state index in [0.29, 0.717) is 12.8 Å². The summed E-state index contributed by atoms with van der Waals surface area (Å²) in [5.41, 5.74) is 0.378. The molecule has 0 aliphatic carbocycles. The number of hydrogen-bond acceptors (Lipinski definition) is 8. The number of fused-ring (bicyclic) bond motifs is 2. The fraction of sp³-hybridized carbons (Fsp3) is 0.571. The number of esters is 1. The third kappa shape index (κ3) is 6.88. The highest BCUT2D eigenvalue weighted by atomic mass is 16.6. The number of pyridine rings is 1. The van der Waals surface area contributed by atoms with Crippen molar-refractivity contribution in [3.8, 4) is 0 Å². The van der Waals surface area contributed by atoms with Gasteiger partial charge in [-0.2, -0.15) is 0 Å². The van der Waals surface area contributed by atoms with Crippen LogP contribution in [0.2, 0.25) is 0 Å². The van der Waals surface area contributed by atoms with E-state index in [-0.39, 0.29) is 29.8 Å². The van der Waals surface area contributed by atoms with Gasteiger partial charge in [0.2, 0.25) is 0 Å². The molecule has 4 rings (SSSR count). The van der Waals surface area contributed by atoms with Crippen LogP contribution in [0.15, 0.2) is 42.6 Å². The molecule has 0 radical (unpaired) electrons. The molecule has 0 saturated carbocycles. The summed E-state index contributed by atoms with van der Waals surface area (Å²) in [6, 6.07) is 9.00. The molecule has 9 nitrogen and oxygen atoms in total. The van der Waals surface area contributed by atoms with Crippen molar-refractivity contribution in [1.29, 1.82) is 0 Å². The molecular weight excluding hydrogens is 560 g/mol. The van der Waals surface area contributed by atoms with Gasteiger partial charge in [0.1, 0.15) is 23.6 Å². The van der Waals surface area contributed by atoms with Crippen LogP contribution in [-0.2, 0) is 23.9 Å². The zero-order valence-electron chi connectivity index (χ0n) is 26.8. The van der Waals surface area contributed by atoms with E-state index in [9.17, 15) is 24.3 Å². The van der Waals surface area contributed by atoms with Crippen LogP contribution < -0.4 is 5.32 Å². The van der Waals surface area contributed by atoms with Gasteiger partial charge in [-0.05, 0) is 62.6 Å². The largest absolute Gasteiger partial charge is 0.458 e. The van der Waals surface area contributed by atoms with Gasteiger partial charge >= 0.3 is 12.1 Å². The van der Waals surface area contributed by atoms with Crippen molar-refractivity contribution in [3.05, 3.63) is 48.2 Å². The number of amides is 1. The predicted molar refractivity (Wildman–Crippen MR) is 167 cm³/mol. The SMILES string of the molecule is CC[C@H]1OC(=O)[C@H](C)C(=O)[C@H](C)[C@@H](C)[C@@H](C)C[C@@H](CC(O)/C=C/c2cnc3ccccc3c2)C(=O)[C@H](C)[C@H]2NC(=O)O[C@@]21C. The Kier molecular flexibility index (Phi) is 10.3. The standard InChI is InChI=1S/C35H46N2O7/c1-8-29-35(7)32(37-34(42)44-35)22(5)31(40)26(15-19(2)20(3)21(4)30(39)23(6)33(41)43-29)17-27(38)14-13-24-16-25-11-9-10-12-28(25)36-18-24/h9-14,16,18-23,26-27,29,32,38H,8,15,17H2,1-7H3,(H,37,42)/b14-13+/t19-,20-,21+,22-,23+,26-,27?,29+,32+,35+/m0/s1. The average Bonchev–Trinajstić information content (AvgIpc) is 3.33. The van der Waals surface area contributed by atoms with Crippen molar-refractivity contribution in [2.45, 2.75) is 91.6 Å². The van der Waals surface area contributed by atoms with Crippen molar-refractivity contribution in [3.63, 3.8) is 0 Å². The number of nitrogens with one attached hydrogen (secondary N) is 1. The highest BCUT2D eigenvalue weighted by molar-refractivity contribution is 5.99. The molecule has 2 aliphatic heterocycles. The second-order valence-electron chi connectivity index (χ2n) is 13.0. The van der Waals surface area contributed by atoms with Gasteiger partial charge in [0.15, 0.2) is 5.60 Å². The first-order valence-corrected chi connectivity index (χ1v) is 15.7. The first-order chi connectivity index (χ1) is 20.8. The van der Waals surface area contributed by atoms with Gasteiger partial charge in [-0.3, -0.25) is 19.4 Å². The second kappa shape index (κ2) is 13.6. The molecule has 10 atom stereocenters. The summed E-state index contributed by atoms with van der Waals surface area (Å²) in [5, 5.41) is 14.9. The van der Waals surface area contributed by atoms with Gasteiger partial charge in [-0.15, -0.1) is 0 Å². The van der Waals surface area contributed by atoms with Crippen LogP contribution in [-0.4, -0.2) is 57.6 Å². The Labute approximate surface area is 259 Å². The van der Waals surface area contributed by atoms with Gasteiger partial charge in [-0.25, -0.2) is 4.79 Å². The molecule has 2 aliphatic rings. The number of ether oxygens (including phenoxy) is 2. The van der Waals surface area contributed by atoms with Crippen molar-refractivity contribution < 1.29 is 33.8 Å². The van der Waals surface area contributed by atoms with Crippen molar-refractivity contribution >= 4 is 40.6 Å². The molecule has 2 aromatic rings. The van der Waals surface area contributed by atoms with E-state index in [0.717, 1.165) is 16.5 Å². The molecule has 1 amide bonds. The van der Waals surface area contributed by atoms with Crippen LogP contribution in [0.3, 0.4) is 0 Å². The number of cyclic esters (lactones) is 1. The van der Waals surface area contributed by atoms with Crippen LogP contribution >= 0.6 is 0 Å². The quantitative estimate of drug-likeness (QED) is 0.336. The molecule has 44 heavy (non-hydrogen) atoms. The van der Waals surface area contributed by atoms with E-state index in [1.807, 2.05) is 51.1 Å². The number of carbonyl (C=O) groups excluding carboxylic acids is 4. The minimum atomic E-state index is -1.33. The maximum atomic E-state index is 14.2. The number of aromatic nitrogens is 1. The van der Waals surface area contributed by atoms with E-state index in [4.69, 9.17) is 9.47 Å². The Morgan fingerprint density at radius 1 is 1.07 bits per heavy atom. The Morgan fingerprint density at radius 3 is 2.48 bits per heavy atom. The number of carbonyl (C=O) groups is 4. The van der Waals surface area contributed by atoms with Crippen LogP contribution in [0.4, 0.5) is 4.79 Å². The van der Waals surface area contributed by atoms with E-state index in [1.54, 1.807) is 46.0 Å². The Balaban J connectivity index is 1.65. The lowest BCUT2D eigenvalue weighted by atomic mass is 9.71. The Morgan fingerprint density at radius 2 is 1.77 bits per heavy atom. The number of aliphatic hydroxyl groups is 1. The van der Waals surface area contributed by atoms with Crippen LogP contribution in [0.1, 0.15) is 73.3 Å². The molecule has 0 spiro atoms. The summed E-state index contributed by atoms with van der Waals surface area (Å²) in [6.07, 6.45) is 3.64. The number of alkyl carbamates (subject to hydrolysis) is 1.